The van der Waals surface area contributed by atoms with E-state index >= 15 is 0 Å². The van der Waals surface area contributed by atoms with E-state index in [0.717, 1.165) is 24.5 Å². The molecule has 2 aromatic rings. The first-order valence-corrected chi connectivity index (χ1v) is 7.60. The number of aryl methyl sites for hydroxylation is 2. The van der Waals surface area contributed by atoms with Crippen LogP contribution in [0.25, 0.3) is 0 Å². The van der Waals surface area contributed by atoms with Crippen LogP contribution >= 0.6 is 15.9 Å². The fraction of sp³-hybridized carbons (Fsp3) is 0.429. The number of hydrogen-bond donors (Lipinski definition) is 1. The summed E-state index contributed by atoms with van der Waals surface area (Å²) in [4.78, 5) is 25.1. The Bertz CT molecular complexity index is 698. The molecular weight excluding hydrogens is 334 g/mol. The fourth-order valence-electron chi connectivity index (χ4n) is 1.86. The van der Waals surface area contributed by atoms with Crippen molar-refractivity contribution >= 4 is 21.7 Å². The second kappa shape index (κ2) is 6.80. The van der Waals surface area contributed by atoms with E-state index in [4.69, 9.17) is 0 Å². The number of halogens is 1. The lowest BCUT2D eigenvalue weighted by Gasteiger charge is -2.09. The molecule has 0 spiro atoms. The first-order valence-electron chi connectivity index (χ1n) is 6.81. The summed E-state index contributed by atoms with van der Waals surface area (Å²) < 4.78 is 1.97. The zero-order chi connectivity index (χ0) is 15.4. The molecule has 7 heteroatoms. The van der Waals surface area contributed by atoms with Crippen molar-refractivity contribution < 1.29 is 0 Å². The van der Waals surface area contributed by atoms with Crippen LogP contribution in [0, 0.1) is 13.8 Å². The first-order chi connectivity index (χ1) is 10.0. The molecule has 0 aliphatic rings. The van der Waals surface area contributed by atoms with Crippen molar-refractivity contribution in [3.63, 3.8) is 0 Å². The molecule has 2 aromatic heterocycles. The Kier molecular flexibility index (Phi) is 5.06. The van der Waals surface area contributed by atoms with Gasteiger partial charge >= 0.3 is 0 Å². The van der Waals surface area contributed by atoms with Crippen LogP contribution in [0.2, 0.25) is 0 Å². The van der Waals surface area contributed by atoms with Crippen molar-refractivity contribution in [2.24, 2.45) is 0 Å². The van der Waals surface area contributed by atoms with Crippen LogP contribution in [0.15, 0.2) is 21.7 Å². The van der Waals surface area contributed by atoms with Crippen LogP contribution in [-0.4, -0.2) is 26.1 Å². The second-order valence-corrected chi connectivity index (χ2v) is 5.61. The fourth-order valence-corrected chi connectivity index (χ4v) is 2.19. The predicted octanol–water partition coefficient (Wildman–Crippen LogP) is 2.28. The Morgan fingerprint density at radius 1 is 1.33 bits per heavy atom. The molecule has 0 radical (unpaired) electrons. The minimum Gasteiger partial charge on any atom is -0.370 e. The molecule has 0 aliphatic heterocycles. The van der Waals surface area contributed by atoms with Gasteiger partial charge in [0.1, 0.15) is 10.3 Å². The average Bonchev–Trinajstić information content (AvgIpc) is 2.45. The average molecular weight is 352 g/mol. The Morgan fingerprint density at radius 2 is 2.10 bits per heavy atom. The lowest BCUT2D eigenvalue weighted by atomic mass is 10.4. The van der Waals surface area contributed by atoms with E-state index in [1.807, 2.05) is 13.0 Å². The van der Waals surface area contributed by atoms with Crippen LogP contribution in [0.5, 0.6) is 0 Å². The molecule has 1 N–H and O–H groups in total. The van der Waals surface area contributed by atoms with Gasteiger partial charge in [0.2, 0.25) is 0 Å². The van der Waals surface area contributed by atoms with Gasteiger partial charge in [0.15, 0.2) is 5.82 Å². The van der Waals surface area contributed by atoms with Crippen LogP contribution in [-0.2, 0) is 6.54 Å². The molecule has 0 amide bonds. The Hall–Kier alpha value is -1.76. The summed E-state index contributed by atoms with van der Waals surface area (Å²) in [5, 5.41) is 3.23. The summed E-state index contributed by atoms with van der Waals surface area (Å²) in [5.74, 6) is 1.37. The van der Waals surface area contributed by atoms with Crippen LogP contribution in [0.4, 0.5) is 5.82 Å². The normalized spacial score (nSPS) is 10.7. The summed E-state index contributed by atoms with van der Waals surface area (Å²) in [5.41, 5.74) is 1.41. The molecule has 0 saturated carbocycles. The topological polar surface area (TPSA) is 72.7 Å². The third-order valence-electron chi connectivity index (χ3n) is 2.93. The Morgan fingerprint density at radius 3 is 2.81 bits per heavy atom. The highest BCUT2D eigenvalue weighted by Crippen LogP contribution is 2.09. The van der Waals surface area contributed by atoms with E-state index < -0.39 is 0 Å². The molecule has 6 nitrogen and oxygen atoms in total. The number of hydrogen-bond acceptors (Lipinski definition) is 5. The molecule has 0 unspecified atom stereocenters. The summed E-state index contributed by atoms with van der Waals surface area (Å²) in [6.07, 6.45) is 2.54. The van der Waals surface area contributed by atoms with Gasteiger partial charge < -0.3 is 5.32 Å². The van der Waals surface area contributed by atoms with Gasteiger partial charge in [0, 0.05) is 18.3 Å². The number of rotatable bonds is 5. The molecular formula is C14H18BrN5O. The highest BCUT2D eigenvalue weighted by atomic mass is 79.9. The van der Waals surface area contributed by atoms with Crippen molar-refractivity contribution in [2.45, 2.75) is 33.7 Å². The summed E-state index contributed by atoms with van der Waals surface area (Å²) >= 11 is 3.26. The molecule has 0 atom stereocenters. The SMILES string of the molecule is CCCNc1cc(C)nc(Cn2cnc(C)c(Br)c2=O)n1. The number of anilines is 1. The van der Waals surface area contributed by atoms with E-state index in [1.54, 1.807) is 6.92 Å². The van der Waals surface area contributed by atoms with Crippen molar-refractivity contribution in [2.75, 3.05) is 11.9 Å². The van der Waals surface area contributed by atoms with Crippen molar-refractivity contribution in [1.29, 1.82) is 0 Å². The summed E-state index contributed by atoms with van der Waals surface area (Å²) in [6.45, 7) is 6.94. The van der Waals surface area contributed by atoms with E-state index in [1.165, 1.54) is 10.9 Å². The molecule has 112 valence electrons. The van der Waals surface area contributed by atoms with Gasteiger partial charge in [-0.1, -0.05) is 6.92 Å². The lowest BCUT2D eigenvalue weighted by molar-refractivity contribution is 0.686. The minimum absolute atomic E-state index is 0.129. The maximum atomic E-state index is 12.1. The summed E-state index contributed by atoms with van der Waals surface area (Å²) in [7, 11) is 0. The Labute approximate surface area is 131 Å². The molecule has 21 heavy (non-hydrogen) atoms. The van der Waals surface area contributed by atoms with Crippen molar-refractivity contribution in [3.8, 4) is 0 Å². The molecule has 0 saturated heterocycles. The first kappa shape index (κ1) is 15.6. The largest absolute Gasteiger partial charge is 0.370 e. The molecule has 0 bridgehead atoms. The van der Waals surface area contributed by atoms with E-state index in [2.05, 4.69) is 43.1 Å². The zero-order valence-electron chi connectivity index (χ0n) is 12.4. The van der Waals surface area contributed by atoms with Gasteiger partial charge in [0.25, 0.3) is 5.56 Å². The quantitative estimate of drug-likeness (QED) is 0.894. The van der Waals surface area contributed by atoms with E-state index in [9.17, 15) is 4.79 Å². The summed E-state index contributed by atoms with van der Waals surface area (Å²) in [6, 6.07) is 1.89. The van der Waals surface area contributed by atoms with Gasteiger partial charge in [-0.05, 0) is 36.2 Å². The highest BCUT2D eigenvalue weighted by Gasteiger charge is 2.08. The number of nitrogens with one attached hydrogen (secondary N) is 1. The molecule has 2 heterocycles. The van der Waals surface area contributed by atoms with E-state index in [-0.39, 0.29) is 5.56 Å². The monoisotopic (exact) mass is 351 g/mol. The smallest absolute Gasteiger partial charge is 0.268 e. The standard InChI is InChI=1S/C14H18BrN5O/c1-4-5-16-11-6-9(2)18-12(19-11)7-20-8-17-10(3)13(15)14(20)21/h6,8H,4-5,7H2,1-3H3,(H,16,18,19). The number of nitrogens with zero attached hydrogens (tertiary/aromatic N) is 4. The maximum absolute atomic E-state index is 12.1. The number of aromatic nitrogens is 4. The zero-order valence-corrected chi connectivity index (χ0v) is 13.9. The predicted molar refractivity (Wildman–Crippen MR) is 85.6 cm³/mol. The Balaban J connectivity index is 2.29. The van der Waals surface area contributed by atoms with Gasteiger partial charge in [-0.15, -0.1) is 0 Å². The molecule has 0 fully saturated rings. The van der Waals surface area contributed by atoms with Gasteiger partial charge in [0.05, 0.1) is 18.6 Å². The third-order valence-corrected chi connectivity index (χ3v) is 3.84. The molecule has 2 rings (SSSR count). The van der Waals surface area contributed by atoms with Gasteiger partial charge in [-0.25, -0.2) is 15.0 Å². The second-order valence-electron chi connectivity index (χ2n) is 4.81. The van der Waals surface area contributed by atoms with Crippen LogP contribution in [0.1, 0.15) is 30.6 Å². The highest BCUT2D eigenvalue weighted by molar-refractivity contribution is 9.10. The van der Waals surface area contributed by atoms with E-state index in [0.29, 0.717) is 22.5 Å². The van der Waals surface area contributed by atoms with Gasteiger partial charge in [-0.3, -0.25) is 9.36 Å². The maximum Gasteiger partial charge on any atom is 0.268 e. The van der Waals surface area contributed by atoms with Crippen molar-refractivity contribution in [3.05, 3.63) is 44.4 Å². The van der Waals surface area contributed by atoms with Crippen LogP contribution < -0.4 is 10.9 Å². The minimum atomic E-state index is -0.129. The molecule has 0 aliphatic carbocycles. The third kappa shape index (κ3) is 3.87. The molecule has 0 aromatic carbocycles. The van der Waals surface area contributed by atoms with Gasteiger partial charge in [-0.2, -0.15) is 0 Å². The van der Waals surface area contributed by atoms with Crippen molar-refractivity contribution in [1.82, 2.24) is 19.5 Å². The lowest BCUT2D eigenvalue weighted by Crippen LogP contribution is -2.24. The van der Waals surface area contributed by atoms with Crippen LogP contribution in [0.3, 0.4) is 0 Å².